The van der Waals surface area contributed by atoms with Gasteiger partial charge in [-0.3, -0.25) is 0 Å². The van der Waals surface area contributed by atoms with Crippen LogP contribution in [0.2, 0.25) is 0 Å². The van der Waals surface area contributed by atoms with Gasteiger partial charge in [-0.1, -0.05) is 0 Å². The van der Waals surface area contributed by atoms with Crippen molar-refractivity contribution in [3.63, 3.8) is 0 Å². The van der Waals surface area contributed by atoms with Gasteiger partial charge in [-0.15, -0.1) is 0 Å². The van der Waals surface area contributed by atoms with Crippen LogP contribution in [-0.2, 0) is 9.84 Å². The molecule has 1 aliphatic carbocycles. The predicted molar refractivity (Wildman–Crippen MR) is 54.6 cm³/mol. The van der Waals surface area contributed by atoms with Gasteiger partial charge >= 0.3 is 0 Å². The van der Waals surface area contributed by atoms with Crippen molar-refractivity contribution in [3.8, 4) is 0 Å². The first-order chi connectivity index (χ1) is 6.25. The number of hydrogen-bond donors (Lipinski definition) is 1. The van der Waals surface area contributed by atoms with Crippen molar-refractivity contribution in [1.82, 2.24) is 0 Å². The summed E-state index contributed by atoms with van der Waals surface area (Å²) < 4.78 is 36.4. The average molecular weight is 223 g/mol. The van der Waals surface area contributed by atoms with Crippen LogP contribution in [0.15, 0.2) is 0 Å². The molecule has 1 aliphatic rings. The summed E-state index contributed by atoms with van der Waals surface area (Å²) >= 11 is 0. The van der Waals surface area contributed by atoms with Crippen LogP contribution in [0.3, 0.4) is 0 Å². The minimum absolute atomic E-state index is 0.0616. The highest BCUT2D eigenvalue weighted by Crippen LogP contribution is 2.38. The van der Waals surface area contributed by atoms with E-state index >= 15 is 0 Å². The molecule has 0 spiro atoms. The summed E-state index contributed by atoms with van der Waals surface area (Å²) in [6, 6.07) is -0.0817. The van der Waals surface area contributed by atoms with Crippen LogP contribution in [0, 0.1) is 0 Å². The zero-order chi connectivity index (χ0) is 11.0. The Bertz CT molecular complexity index is 294. The Labute approximate surface area is 84.8 Å². The second kappa shape index (κ2) is 3.77. The summed E-state index contributed by atoms with van der Waals surface area (Å²) in [6.45, 7) is 3.24. The van der Waals surface area contributed by atoms with Gasteiger partial charge in [0, 0.05) is 6.04 Å². The van der Waals surface area contributed by atoms with Gasteiger partial charge < -0.3 is 5.73 Å². The van der Waals surface area contributed by atoms with Gasteiger partial charge in [0.25, 0.3) is 0 Å². The Morgan fingerprint density at radius 3 is 2.36 bits per heavy atom. The first kappa shape index (κ1) is 11.9. The largest absolute Gasteiger partial charge is 0.327 e. The van der Waals surface area contributed by atoms with E-state index in [2.05, 4.69) is 0 Å². The van der Waals surface area contributed by atoms with Crippen molar-refractivity contribution in [2.45, 2.75) is 50.1 Å². The van der Waals surface area contributed by atoms with Crippen molar-refractivity contribution in [3.05, 3.63) is 0 Å². The van der Waals surface area contributed by atoms with Crippen LogP contribution in [0.25, 0.3) is 0 Å². The number of sulfone groups is 1. The molecule has 14 heavy (non-hydrogen) atoms. The minimum atomic E-state index is -3.11. The monoisotopic (exact) mass is 223 g/mol. The topological polar surface area (TPSA) is 60.2 Å². The molecule has 0 aromatic rings. The van der Waals surface area contributed by atoms with Crippen LogP contribution in [-0.4, -0.2) is 31.1 Å². The fraction of sp³-hybridized carbons (Fsp3) is 1.00. The van der Waals surface area contributed by atoms with E-state index in [0.29, 0.717) is 12.8 Å². The maximum Gasteiger partial charge on any atom is 0.152 e. The van der Waals surface area contributed by atoms with Gasteiger partial charge in [-0.2, -0.15) is 0 Å². The molecule has 0 atom stereocenters. The van der Waals surface area contributed by atoms with Gasteiger partial charge in [0.15, 0.2) is 9.84 Å². The predicted octanol–water partition coefficient (Wildman–Crippen LogP) is 1.03. The number of rotatable bonds is 4. The number of nitrogens with two attached hydrogens (primary N) is 1. The van der Waals surface area contributed by atoms with E-state index in [9.17, 15) is 12.8 Å². The van der Waals surface area contributed by atoms with Crippen LogP contribution in [0.1, 0.15) is 33.1 Å². The second-order valence-electron chi connectivity index (χ2n) is 4.48. The summed E-state index contributed by atoms with van der Waals surface area (Å²) in [7, 11) is -3.11. The molecular weight excluding hydrogens is 205 g/mol. The van der Waals surface area contributed by atoms with Crippen LogP contribution in [0.5, 0.6) is 0 Å². The lowest BCUT2D eigenvalue weighted by Crippen LogP contribution is -2.49. The molecule has 0 aromatic heterocycles. The quantitative estimate of drug-likeness (QED) is 0.774. The maximum atomic E-state index is 13.6. The normalized spacial score (nSPS) is 33.1. The highest BCUT2D eigenvalue weighted by Gasteiger charge is 2.43. The third-order valence-electron chi connectivity index (χ3n) is 2.81. The molecule has 1 saturated carbocycles. The fourth-order valence-corrected chi connectivity index (χ4v) is 2.77. The lowest BCUT2D eigenvalue weighted by atomic mass is 9.76. The molecule has 0 aromatic carbocycles. The molecule has 0 heterocycles. The van der Waals surface area contributed by atoms with Crippen molar-refractivity contribution in [2.75, 3.05) is 5.75 Å². The standard InChI is InChI=1S/C9H18FNO2S/c1-7(2)14(12,13)4-3-9(10)5-8(11)6-9/h7-8H,3-6,11H2,1-2H3. The Morgan fingerprint density at radius 2 is 2.00 bits per heavy atom. The van der Waals surface area contributed by atoms with Crippen molar-refractivity contribution in [1.29, 1.82) is 0 Å². The first-order valence-electron chi connectivity index (χ1n) is 4.91. The molecule has 0 saturated heterocycles. The summed E-state index contributed by atoms with van der Waals surface area (Å²) in [5.74, 6) is -0.0616. The molecule has 84 valence electrons. The van der Waals surface area contributed by atoms with E-state index in [1.165, 1.54) is 0 Å². The summed E-state index contributed by atoms with van der Waals surface area (Å²) in [6.07, 6.45) is 0.711. The highest BCUT2D eigenvalue weighted by molar-refractivity contribution is 7.91. The van der Waals surface area contributed by atoms with Gasteiger partial charge in [0.05, 0.1) is 11.0 Å². The molecule has 5 heteroatoms. The Hall–Kier alpha value is -0.160. The smallest absolute Gasteiger partial charge is 0.152 e. The van der Waals surface area contributed by atoms with Crippen molar-refractivity contribution >= 4 is 9.84 Å². The second-order valence-corrected chi connectivity index (χ2v) is 7.16. The van der Waals surface area contributed by atoms with E-state index in [1.54, 1.807) is 13.8 Å². The first-order valence-corrected chi connectivity index (χ1v) is 6.63. The molecule has 1 rings (SSSR count). The van der Waals surface area contributed by atoms with Gasteiger partial charge in [-0.25, -0.2) is 12.8 Å². The molecule has 0 radical (unpaired) electrons. The number of alkyl halides is 1. The lowest BCUT2D eigenvalue weighted by molar-refractivity contribution is 0.0409. The molecule has 2 N–H and O–H groups in total. The zero-order valence-corrected chi connectivity index (χ0v) is 9.48. The van der Waals surface area contributed by atoms with Gasteiger partial charge in [-0.05, 0) is 33.1 Å². The highest BCUT2D eigenvalue weighted by atomic mass is 32.2. The lowest BCUT2D eigenvalue weighted by Gasteiger charge is -2.39. The maximum absolute atomic E-state index is 13.6. The molecule has 0 aliphatic heterocycles. The molecule has 0 unspecified atom stereocenters. The van der Waals surface area contributed by atoms with E-state index in [-0.39, 0.29) is 18.2 Å². The molecule has 1 fully saturated rings. The van der Waals surface area contributed by atoms with Gasteiger partial charge in [0.2, 0.25) is 0 Å². The van der Waals surface area contributed by atoms with Gasteiger partial charge in [0.1, 0.15) is 5.67 Å². The summed E-state index contributed by atoms with van der Waals surface area (Å²) in [4.78, 5) is 0. The fourth-order valence-electron chi connectivity index (χ4n) is 1.64. The zero-order valence-electron chi connectivity index (χ0n) is 8.66. The van der Waals surface area contributed by atoms with E-state index in [4.69, 9.17) is 5.73 Å². The molecular formula is C9H18FNO2S. The molecule has 3 nitrogen and oxygen atoms in total. The minimum Gasteiger partial charge on any atom is -0.327 e. The number of halogens is 1. The van der Waals surface area contributed by atoms with Crippen LogP contribution in [0.4, 0.5) is 4.39 Å². The SMILES string of the molecule is CC(C)S(=O)(=O)CCC1(F)CC(N)C1. The summed E-state index contributed by atoms with van der Waals surface area (Å²) in [5, 5.41) is -0.417. The Morgan fingerprint density at radius 1 is 1.50 bits per heavy atom. The molecule has 0 bridgehead atoms. The van der Waals surface area contributed by atoms with E-state index in [1.807, 2.05) is 0 Å². The average Bonchev–Trinajstić information content (AvgIpc) is 1.98. The summed E-state index contributed by atoms with van der Waals surface area (Å²) in [5.41, 5.74) is 4.15. The number of hydrogen-bond acceptors (Lipinski definition) is 3. The van der Waals surface area contributed by atoms with Crippen molar-refractivity contribution in [2.24, 2.45) is 5.73 Å². The van der Waals surface area contributed by atoms with Crippen LogP contribution < -0.4 is 5.73 Å². The molecule has 0 amide bonds. The third kappa shape index (κ3) is 2.67. The third-order valence-corrected chi connectivity index (χ3v) is 5.02. The van der Waals surface area contributed by atoms with Crippen molar-refractivity contribution < 1.29 is 12.8 Å². The Kier molecular flexibility index (Phi) is 3.21. The van der Waals surface area contributed by atoms with E-state index < -0.39 is 20.8 Å². The Balaban J connectivity index is 2.42. The van der Waals surface area contributed by atoms with E-state index in [0.717, 1.165) is 0 Å². The van der Waals surface area contributed by atoms with Crippen LogP contribution >= 0.6 is 0 Å².